The maximum atomic E-state index is 15.0. The Balaban J connectivity index is 1.49. The second-order valence-corrected chi connectivity index (χ2v) is 13.0. The molecule has 0 radical (unpaired) electrons. The van der Waals surface area contributed by atoms with Gasteiger partial charge in [0.05, 0.1) is 16.5 Å². The molecule has 0 heterocycles. The molecule has 57 heavy (non-hydrogen) atoms. The van der Waals surface area contributed by atoms with Crippen molar-refractivity contribution in [2.45, 2.75) is 30.1 Å². The summed E-state index contributed by atoms with van der Waals surface area (Å²) in [4.78, 5) is 0. The molecule has 0 atom stereocenters. The van der Waals surface area contributed by atoms with Crippen molar-refractivity contribution in [3.8, 4) is 34.1 Å². The zero-order valence-corrected chi connectivity index (χ0v) is 28.6. The van der Waals surface area contributed by atoms with Gasteiger partial charge in [-0.2, -0.15) is 52.7 Å². The molecule has 0 amide bonds. The monoisotopic (exact) mass is 804 g/mol. The van der Waals surface area contributed by atoms with E-state index in [9.17, 15) is 52.7 Å². The minimum atomic E-state index is -5.29. The van der Waals surface area contributed by atoms with Gasteiger partial charge in [0.15, 0.2) is 0 Å². The van der Waals surface area contributed by atoms with E-state index < -0.39 is 75.4 Å². The van der Waals surface area contributed by atoms with Gasteiger partial charge in [-0.1, -0.05) is 60.7 Å². The van der Waals surface area contributed by atoms with Crippen LogP contribution in [0.1, 0.15) is 44.5 Å². The van der Waals surface area contributed by atoms with Crippen LogP contribution in [-0.2, 0) is 30.1 Å². The molecule has 1 aliphatic carbocycles. The first-order valence-corrected chi connectivity index (χ1v) is 16.5. The van der Waals surface area contributed by atoms with Crippen molar-refractivity contribution in [3.63, 3.8) is 0 Å². The highest BCUT2D eigenvalue weighted by molar-refractivity contribution is 5.86. The van der Waals surface area contributed by atoms with Crippen molar-refractivity contribution in [1.82, 2.24) is 0 Å². The molecule has 0 unspecified atom stereocenters. The molecule has 0 aromatic heterocycles. The van der Waals surface area contributed by atoms with Gasteiger partial charge >= 0.3 is 24.7 Å². The van der Waals surface area contributed by atoms with Crippen molar-refractivity contribution < 1.29 is 62.2 Å². The minimum Gasteiger partial charge on any atom is -0.456 e. The highest BCUT2D eigenvalue weighted by atomic mass is 19.4. The maximum absolute atomic E-state index is 15.0. The van der Waals surface area contributed by atoms with Crippen molar-refractivity contribution in [1.29, 1.82) is 0 Å². The van der Waals surface area contributed by atoms with E-state index >= 15 is 0 Å². The molecule has 0 aliphatic heterocycles. The summed E-state index contributed by atoms with van der Waals surface area (Å²) < 4.78 is 184. The SMILES string of the molecule is Nc1ccc(Oc2ccc(C3(c4ccc(Oc5ccc(N)cc5C(F)(F)F)c(C(F)(F)F)c4)c4ccccc4-c4ccccc43)cc2C(F)(F)F)c(C(F)(F)F)c1. The largest absolute Gasteiger partial charge is 0.456 e. The van der Waals surface area contributed by atoms with Crippen LogP contribution in [0.4, 0.5) is 64.1 Å². The Bertz CT molecular complexity index is 2350. The number of alkyl halides is 12. The average Bonchev–Trinajstić information content (AvgIpc) is 3.43. The number of nitrogens with two attached hydrogens (primary N) is 2. The van der Waals surface area contributed by atoms with Crippen LogP contribution >= 0.6 is 0 Å². The summed E-state index contributed by atoms with van der Waals surface area (Å²) in [6.45, 7) is 0. The van der Waals surface area contributed by atoms with Crippen molar-refractivity contribution in [3.05, 3.63) is 166 Å². The van der Waals surface area contributed by atoms with E-state index in [0.29, 0.717) is 35.4 Å². The van der Waals surface area contributed by atoms with Gasteiger partial charge in [0.25, 0.3) is 0 Å². The Morgan fingerprint density at radius 2 is 0.667 bits per heavy atom. The van der Waals surface area contributed by atoms with Crippen molar-refractivity contribution >= 4 is 11.4 Å². The van der Waals surface area contributed by atoms with Gasteiger partial charge in [-0.05, 0) is 94.0 Å². The molecular weight excluding hydrogens is 780 g/mol. The highest BCUT2D eigenvalue weighted by Crippen LogP contribution is 2.58. The molecule has 4 N–H and O–H groups in total. The molecule has 7 rings (SSSR count). The number of fused-ring (bicyclic) bond motifs is 3. The van der Waals surface area contributed by atoms with Crippen LogP contribution in [0.2, 0.25) is 0 Å². The standard InChI is InChI=1S/C41H24F12N2O2/c42-38(43,44)29-17-21(9-13-33(29)56-35-15-11-23(54)19-31(35)40(48,49)50)37(27-7-3-1-5-25(27)26-6-2-4-8-28(26)37)22-10-14-34(30(18-22)39(45,46)47)57-36-16-12-24(55)20-32(36)41(51,52)53/h1-20H,54-55H2. The van der Waals surface area contributed by atoms with Crippen LogP contribution in [0.25, 0.3) is 11.1 Å². The fourth-order valence-corrected chi connectivity index (χ4v) is 7.12. The fourth-order valence-electron chi connectivity index (χ4n) is 7.12. The molecule has 0 bridgehead atoms. The first kappa shape index (κ1) is 38.9. The molecule has 16 heteroatoms. The summed E-state index contributed by atoms with van der Waals surface area (Å²) in [5.74, 6) is -4.11. The normalized spacial score (nSPS) is 13.9. The molecular formula is C41H24F12N2O2. The first-order valence-electron chi connectivity index (χ1n) is 16.5. The second kappa shape index (κ2) is 13.4. The molecule has 1 aliphatic rings. The van der Waals surface area contributed by atoms with Crippen molar-refractivity contribution in [2.24, 2.45) is 0 Å². The lowest BCUT2D eigenvalue weighted by molar-refractivity contribution is -0.141. The molecule has 0 saturated heterocycles. The Kier molecular flexibility index (Phi) is 9.16. The average molecular weight is 805 g/mol. The van der Waals surface area contributed by atoms with Crippen LogP contribution < -0.4 is 20.9 Å². The molecule has 0 spiro atoms. The minimum absolute atomic E-state index is 0.227. The number of benzene rings is 6. The molecule has 0 saturated carbocycles. The third-order valence-corrected chi connectivity index (χ3v) is 9.45. The van der Waals surface area contributed by atoms with Crippen molar-refractivity contribution in [2.75, 3.05) is 11.5 Å². The predicted octanol–water partition coefficient (Wildman–Crippen LogP) is 12.9. The van der Waals surface area contributed by atoms with Gasteiger partial charge in [-0.3, -0.25) is 0 Å². The first-order chi connectivity index (χ1) is 26.6. The van der Waals surface area contributed by atoms with E-state index in [4.69, 9.17) is 20.9 Å². The molecule has 4 nitrogen and oxygen atoms in total. The maximum Gasteiger partial charge on any atom is 0.420 e. The Hall–Kier alpha value is -6.32. The van der Waals surface area contributed by atoms with E-state index in [0.717, 1.165) is 48.5 Å². The molecule has 0 fully saturated rings. The zero-order chi connectivity index (χ0) is 41.3. The topological polar surface area (TPSA) is 70.5 Å². The van der Waals surface area contributed by atoms with Gasteiger partial charge in [0.2, 0.25) is 0 Å². The number of halogens is 12. The molecule has 6 aromatic rings. The summed E-state index contributed by atoms with van der Waals surface area (Å²) in [5, 5.41) is 0. The quantitative estimate of drug-likeness (QED) is 0.130. The number of anilines is 2. The van der Waals surface area contributed by atoms with E-state index in [1.165, 1.54) is 24.3 Å². The number of hydrogen-bond donors (Lipinski definition) is 2. The lowest BCUT2D eigenvalue weighted by Crippen LogP contribution is -2.30. The third-order valence-electron chi connectivity index (χ3n) is 9.45. The summed E-state index contributed by atoms with van der Waals surface area (Å²) in [7, 11) is 0. The summed E-state index contributed by atoms with van der Waals surface area (Å²) in [6.07, 6.45) is -20.8. The van der Waals surface area contributed by atoms with E-state index in [1.807, 2.05) is 0 Å². The van der Waals surface area contributed by atoms with Crippen LogP contribution in [0.15, 0.2) is 121 Å². The lowest BCUT2D eigenvalue weighted by atomic mass is 9.67. The second-order valence-electron chi connectivity index (χ2n) is 13.0. The summed E-state index contributed by atoms with van der Waals surface area (Å²) in [6, 6.07) is 21.8. The number of rotatable bonds is 6. The van der Waals surface area contributed by atoms with Gasteiger partial charge < -0.3 is 20.9 Å². The van der Waals surface area contributed by atoms with E-state index in [1.54, 1.807) is 24.3 Å². The zero-order valence-electron chi connectivity index (χ0n) is 28.6. The van der Waals surface area contributed by atoms with Gasteiger partial charge in [-0.25, -0.2) is 0 Å². The van der Waals surface area contributed by atoms with Crippen LogP contribution in [-0.4, -0.2) is 0 Å². The smallest absolute Gasteiger partial charge is 0.420 e. The Morgan fingerprint density at radius 1 is 0.368 bits per heavy atom. The fraction of sp³-hybridized carbons (Fsp3) is 0.122. The van der Waals surface area contributed by atoms with Crippen LogP contribution in [0.5, 0.6) is 23.0 Å². The van der Waals surface area contributed by atoms with Gasteiger partial charge in [-0.15, -0.1) is 0 Å². The van der Waals surface area contributed by atoms with E-state index in [-0.39, 0.29) is 33.6 Å². The molecule has 294 valence electrons. The number of hydrogen-bond acceptors (Lipinski definition) is 4. The third kappa shape index (κ3) is 6.93. The molecule has 6 aromatic carbocycles. The number of ether oxygens (including phenoxy) is 2. The van der Waals surface area contributed by atoms with Crippen LogP contribution in [0.3, 0.4) is 0 Å². The van der Waals surface area contributed by atoms with Gasteiger partial charge in [0.1, 0.15) is 34.1 Å². The lowest BCUT2D eigenvalue weighted by Gasteiger charge is -2.35. The Morgan fingerprint density at radius 3 is 1.00 bits per heavy atom. The highest BCUT2D eigenvalue weighted by Gasteiger charge is 2.49. The van der Waals surface area contributed by atoms with E-state index in [2.05, 4.69) is 0 Å². The summed E-state index contributed by atoms with van der Waals surface area (Å²) >= 11 is 0. The van der Waals surface area contributed by atoms with Gasteiger partial charge in [0, 0.05) is 11.4 Å². The Labute approximate surface area is 314 Å². The number of nitrogen functional groups attached to an aromatic ring is 2. The summed E-state index contributed by atoms with van der Waals surface area (Å²) in [5.41, 5.74) is 3.07. The van der Waals surface area contributed by atoms with Crippen LogP contribution in [0, 0.1) is 0 Å². The predicted molar refractivity (Wildman–Crippen MR) is 186 cm³/mol.